The second-order valence-electron chi connectivity index (χ2n) is 5.09. The van der Waals surface area contributed by atoms with Gasteiger partial charge < -0.3 is 5.32 Å². The summed E-state index contributed by atoms with van der Waals surface area (Å²) in [6, 6.07) is 14.9. The van der Waals surface area contributed by atoms with Crippen molar-refractivity contribution in [3.05, 3.63) is 72.1 Å². The Morgan fingerprint density at radius 3 is 2.57 bits per heavy atom. The van der Waals surface area contributed by atoms with Crippen LogP contribution in [-0.4, -0.2) is 16.5 Å². The predicted molar refractivity (Wildman–Crippen MR) is 88.4 cm³/mol. The van der Waals surface area contributed by atoms with Gasteiger partial charge >= 0.3 is 0 Å². The van der Waals surface area contributed by atoms with E-state index in [2.05, 4.69) is 15.3 Å². The van der Waals surface area contributed by atoms with E-state index in [0.29, 0.717) is 12.1 Å². The summed E-state index contributed by atoms with van der Waals surface area (Å²) in [5, 5.41) is 4.28. The van der Waals surface area contributed by atoms with Crippen molar-refractivity contribution >= 4 is 22.8 Å². The number of hydrogen-bond donors (Lipinski definition) is 1. The van der Waals surface area contributed by atoms with E-state index in [0.717, 1.165) is 34.8 Å². The highest BCUT2D eigenvalue weighted by Gasteiger charge is 2.02. The molecule has 5 heteroatoms. The molecule has 2 aromatic carbocycles. The summed E-state index contributed by atoms with van der Waals surface area (Å²) in [6.45, 7) is 0.702. The molecule has 0 unspecified atom stereocenters. The van der Waals surface area contributed by atoms with Gasteiger partial charge in [0.25, 0.3) is 6.08 Å². The van der Waals surface area contributed by atoms with Gasteiger partial charge in [0, 0.05) is 18.0 Å². The first-order valence-electron chi connectivity index (χ1n) is 7.27. The molecule has 3 nitrogen and oxygen atoms in total. The Balaban J connectivity index is 1.64. The van der Waals surface area contributed by atoms with Gasteiger partial charge in [0.15, 0.2) is 0 Å². The number of aromatic nitrogens is 2. The molecule has 0 radical (unpaired) electrons. The standard InChI is InChI=1S/C18H15F2N3/c19-17(20)11-14-7-5-13(6-8-14)9-10-21-18-15-3-1-2-4-16(15)22-12-23-18/h1-8,11-12H,9-10H2,(H,21,22,23). The molecular weight excluding hydrogens is 296 g/mol. The summed E-state index contributed by atoms with van der Waals surface area (Å²) in [7, 11) is 0. The van der Waals surface area contributed by atoms with E-state index in [4.69, 9.17) is 0 Å². The van der Waals surface area contributed by atoms with Crippen molar-refractivity contribution in [1.29, 1.82) is 0 Å². The maximum absolute atomic E-state index is 12.2. The lowest BCUT2D eigenvalue weighted by molar-refractivity contribution is 0.429. The van der Waals surface area contributed by atoms with Gasteiger partial charge in [-0.05, 0) is 29.7 Å². The van der Waals surface area contributed by atoms with Crippen molar-refractivity contribution in [2.45, 2.75) is 6.42 Å². The van der Waals surface area contributed by atoms with Crippen LogP contribution in [0.1, 0.15) is 11.1 Å². The molecule has 3 aromatic rings. The molecule has 1 aromatic heterocycles. The lowest BCUT2D eigenvalue weighted by atomic mass is 10.1. The van der Waals surface area contributed by atoms with Gasteiger partial charge in [-0.2, -0.15) is 8.78 Å². The molecule has 0 atom stereocenters. The zero-order chi connectivity index (χ0) is 16.1. The van der Waals surface area contributed by atoms with Gasteiger partial charge in [-0.25, -0.2) is 9.97 Å². The second kappa shape index (κ2) is 6.96. The van der Waals surface area contributed by atoms with E-state index >= 15 is 0 Å². The maximum atomic E-state index is 12.2. The fourth-order valence-corrected chi connectivity index (χ4v) is 2.38. The van der Waals surface area contributed by atoms with Crippen LogP contribution in [0.3, 0.4) is 0 Å². The van der Waals surface area contributed by atoms with E-state index in [9.17, 15) is 8.78 Å². The van der Waals surface area contributed by atoms with Crippen LogP contribution >= 0.6 is 0 Å². The maximum Gasteiger partial charge on any atom is 0.270 e. The molecule has 0 aliphatic carbocycles. The molecule has 1 heterocycles. The first kappa shape index (κ1) is 15.1. The molecule has 0 saturated heterocycles. The van der Waals surface area contributed by atoms with Crippen molar-refractivity contribution in [2.75, 3.05) is 11.9 Å². The Morgan fingerprint density at radius 1 is 1.00 bits per heavy atom. The molecule has 116 valence electrons. The number of hydrogen-bond acceptors (Lipinski definition) is 3. The Labute approximate surface area is 132 Å². The average molecular weight is 311 g/mol. The van der Waals surface area contributed by atoms with Gasteiger partial charge in [0.2, 0.25) is 0 Å². The number of benzene rings is 2. The first-order valence-corrected chi connectivity index (χ1v) is 7.27. The molecule has 0 bridgehead atoms. The molecule has 0 saturated carbocycles. The highest BCUT2D eigenvalue weighted by molar-refractivity contribution is 5.88. The van der Waals surface area contributed by atoms with E-state index in [1.54, 1.807) is 12.1 Å². The number of rotatable bonds is 5. The van der Waals surface area contributed by atoms with Gasteiger partial charge in [0.1, 0.15) is 12.1 Å². The van der Waals surface area contributed by atoms with Crippen molar-refractivity contribution in [1.82, 2.24) is 9.97 Å². The first-order chi connectivity index (χ1) is 11.2. The van der Waals surface area contributed by atoms with E-state index in [1.165, 1.54) is 6.33 Å². The fourth-order valence-electron chi connectivity index (χ4n) is 2.38. The molecule has 3 rings (SSSR count). The summed E-state index contributed by atoms with van der Waals surface area (Å²) in [5.41, 5.74) is 2.48. The van der Waals surface area contributed by atoms with Crippen LogP contribution < -0.4 is 5.32 Å². The molecule has 0 fully saturated rings. The van der Waals surface area contributed by atoms with Crippen molar-refractivity contribution < 1.29 is 8.78 Å². The smallest absolute Gasteiger partial charge is 0.270 e. The van der Waals surface area contributed by atoms with Crippen LogP contribution in [0.2, 0.25) is 0 Å². The van der Waals surface area contributed by atoms with Crippen molar-refractivity contribution in [3.63, 3.8) is 0 Å². The minimum absolute atomic E-state index is 0.503. The third-order valence-corrected chi connectivity index (χ3v) is 3.50. The number of anilines is 1. The van der Waals surface area contributed by atoms with E-state index in [1.807, 2.05) is 36.4 Å². The van der Waals surface area contributed by atoms with E-state index in [-0.39, 0.29) is 0 Å². The Hall–Kier alpha value is -2.82. The SMILES string of the molecule is FC(F)=Cc1ccc(CCNc2ncnc3ccccc23)cc1. The van der Waals surface area contributed by atoms with Gasteiger partial charge in [-0.3, -0.25) is 0 Å². The van der Waals surface area contributed by atoms with Crippen LogP contribution in [0.15, 0.2) is 60.9 Å². The van der Waals surface area contributed by atoms with Gasteiger partial charge in [0.05, 0.1) is 5.52 Å². The molecule has 0 spiro atoms. The molecule has 0 amide bonds. The van der Waals surface area contributed by atoms with Crippen LogP contribution in [-0.2, 0) is 6.42 Å². The van der Waals surface area contributed by atoms with Gasteiger partial charge in [-0.15, -0.1) is 0 Å². The number of fused-ring (bicyclic) bond motifs is 1. The monoisotopic (exact) mass is 311 g/mol. The normalized spacial score (nSPS) is 10.5. The molecule has 0 aliphatic rings. The molecular formula is C18H15F2N3. The zero-order valence-electron chi connectivity index (χ0n) is 12.3. The average Bonchev–Trinajstić information content (AvgIpc) is 2.56. The molecule has 1 N–H and O–H groups in total. The highest BCUT2D eigenvalue weighted by atomic mass is 19.3. The number of para-hydroxylation sites is 1. The summed E-state index contributed by atoms with van der Waals surface area (Å²) in [6.07, 6.45) is 1.49. The number of nitrogens with zero attached hydrogens (tertiary/aromatic N) is 2. The number of halogens is 2. The van der Waals surface area contributed by atoms with Crippen molar-refractivity contribution in [2.24, 2.45) is 0 Å². The highest BCUT2D eigenvalue weighted by Crippen LogP contribution is 2.18. The lowest BCUT2D eigenvalue weighted by Crippen LogP contribution is -2.07. The summed E-state index contributed by atoms with van der Waals surface area (Å²) < 4.78 is 24.4. The van der Waals surface area contributed by atoms with Crippen LogP contribution in [0.25, 0.3) is 17.0 Å². The Morgan fingerprint density at radius 2 is 1.78 bits per heavy atom. The van der Waals surface area contributed by atoms with Crippen LogP contribution in [0.4, 0.5) is 14.6 Å². The molecule has 0 aliphatic heterocycles. The largest absolute Gasteiger partial charge is 0.369 e. The third kappa shape index (κ3) is 3.88. The summed E-state index contributed by atoms with van der Waals surface area (Å²) in [5.74, 6) is 0.801. The number of nitrogens with one attached hydrogen (secondary N) is 1. The Kier molecular flexibility index (Phi) is 4.57. The third-order valence-electron chi connectivity index (χ3n) is 3.50. The topological polar surface area (TPSA) is 37.8 Å². The fraction of sp³-hybridized carbons (Fsp3) is 0.111. The molecule has 23 heavy (non-hydrogen) atoms. The van der Waals surface area contributed by atoms with Crippen LogP contribution in [0, 0.1) is 0 Å². The second-order valence-corrected chi connectivity index (χ2v) is 5.09. The van der Waals surface area contributed by atoms with Crippen molar-refractivity contribution in [3.8, 4) is 0 Å². The van der Waals surface area contributed by atoms with Gasteiger partial charge in [-0.1, -0.05) is 36.4 Å². The Bertz CT molecular complexity index is 820. The minimum atomic E-state index is -1.69. The van der Waals surface area contributed by atoms with E-state index < -0.39 is 6.08 Å². The van der Waals surface area contributed by atoms with Crippen LogP contribution in [0.5, 0.6) is 0 Å². The zero-order valence-corrected chi connectivity index (χ0v) is 12.3. The quantitative estimate of drug-likeness (QED) is 0.752. The summed E-state index contributed by atoms with van der Waals surface area (Å²) >= 11 is 0. The summed E-state index contributed by atoms with van der Waals surface area (Å²) in [4.78, 5) is 8.50. The predicted octanol–water partition coefficient (Wildman–Crippen LogP) is 4.52. The lowest BCUT2D eigenvalue weighted by Gasteiger charge is -2.08. The minimum Gasteiger partial charge on any atom is -0.369 e.